The Hall–Kier alpha value is -2.89. The molecular formula is C25H33FN2O3. The molecule has 0 aliphatic heterocycles. The molecule has 0 aliphatic carbocycles. The highest BCUT2D eigenvalue weighted by Gasteiger charge is 2.30. The Morgan fingerprint density at radius 2 is 1.71 bits per heavy atom. The monoisotopic (exact) mass is 428 g/mol. The average molecular weight is 429 g/mol. The van der Waals surface area contributed by atoms with E-state index in [4.69, 9.17) is 4.74 Å². The second-order valence-electron chi connectivity index (χ2n) is 8.58. The van der Waals surface area contributed by atoms with Gasteiger partial charge in [0.1, 0.15) is 17.6 Å². The maximum atomic E-state index is 13.3. The van der Waals surface area contributed by atoms with Crippen molar-refractivity contribution in [3.8, 4) is 5.75 Å². The number of hydrogen-bond donors (Lipinski definition) is 1. The first-order valence-electron chi connectivity index (χ1n) is 10.7. The Balaban J connectivity index is 2.08. The molecule has 168 valence electrons. The van der Waals surface area contributed by atoms with E-state index >= 15 is 0 Å². The molecular weight excluding hydrogens is 395 g/mol. The number of amides is 2. The standard InChI is InChI=1S/C25H33FN2O3/c1-5-22(24(30)27-25(2,3)4)28(18-19-13-15-20(26)16-14-19)23(29)12-9-17-31-21-10-7-6-8-11-21/h6-8,10-11,13-16,22H,5,9,12,17-18H2,1-4H3,(H,27,30). The largest absolute Gasteiger partial charge is 0.494 e. The van der Waals surface area contributed by atoms with Gasteiger partial charge in [0, 0.05) is 18.5 Å². The number of carbonyl (C=O) groups excluding carboxylic acids is 2. The first kappa shape index (κ1) is 24.4. The Morgan fingerprint density at radius 1 is 1.06 bits per heavy atom. The van der Waals surface area contributed by atoms with Crippen LogP contribution in [0.25, 0.3) is 0 Å². The van der Waals surface area contributed by atoms with Crippen LogP contribution in [0.15, 0.2) is 54.6 Å². The summed E-state index contributed by atoms with van der Waals surface area (Å²) < 4.78 is 19.0. The third kappa shape index (κ3) is 8.40. The third-order valence-electron chi connectivity index (χ3n) is 4.70. The minimum Gasteiger partial charge on any atom is -0.494 e. The van der Waals surface area contributed by atoms with Crippen molar-refractivity contribution in [2.24, 2.45) is 0 Å². The molecule has 0 radical (unpaired) electrons. The van der Waals surface area contributed by atoms with Crippen molar-refractivity contribution in [3.05, 3.63) is 66.0 Å². The van der Waals surface area contributed by atoms with E-state index in [-0.39, 0.29) is 30.6 Å². The molecule has 0 spiro atoms. The quantitative estimate of drug-likeness (QED) is 0.558. The van der Waals surface area contributed by atoms with E-state index in [1.807, 2.05) is 58.0 Å². The van der Waals surface area contributed by atoms with Crippen LogP contribution in [-0.2, 0) is 16.1 Å². The van der Waals surface area contributed by atoms with Crippen LogP contribution < -0.4 is 10.1 Å². The van der Waals surface area contributed by atoms with Crippen LogP contribution in [0.3, 0.4) is 0 Å². The normalized spacial score (nSPS) is 12.2. The molecule has 1 atom stereocenters. The fourth-order valence-electron chi connectivity index (χ4n) is 3.23. The lowest BCUT2D eigenvalue weighted by molar-refractivity contribution is -0.142. The molecule has 6 heteroatoms. The fraction of sp³-hybridized carbons (Fsp3) is 0.440. The highest BCUT2D eigenvalue weighted by atomic mass is 19.1. The van der Waals surface area contributed by atoms with Crippen molar-refractivity contribution in [3.63, 3.8) is 0 Å². The Morgan fingerprint density at radius 3 is 2.29 bits per heavy atom. The van der Waals surface area contributed by atoms with Gasteiger partial charge in [-0.05, 0) is 63.4 Å². The molecule has 0 saturated carbocycles. The summed E-state index contributed by atoms with van der Waals surface area (Å²) in [5.74, 6) is 0.106. The second-order valence-corrected chi connectivity index (χ2v) is 8.58. The zero-order valence-electron chi connectivity index (χ0n) is 18.9. The SMILES string of the molecule is CCC(C(=O)NC(C)(C)C)N(Cc1ccc(F)cc1)C(=O)CCCOc1ccccc1. The van der Waals surface area contributed by atoms with Gasteiger partial charge in [-0.15, -0.1) is 0 Å². The van der Waals surface area contributed by atoms with E-state index in [0.29, 0.717) is 19.4 Å². The molecule has 2 aromatic rings. The number of nitrogens with one attached hydrogen (secondary N) is 1. The van der Waals surface area contributed by atoms with Crippen molar-refractivity contribution >= 4 is 11.8 Å². The van der Waals surface area contributed by atoms with Gasteiger partial charge in [0.25, 0.3) is 0 Å². The zero-order chi connectivity index (χ0) is 22.9. The molecule has 2 amide bonds. The van der Waals surface area contributed by atoms with Gasteiger partial charge < -0.3 is 15.0 Å². The number of nitrogens with zero attached hydrogens (tertiary/aromatic N) is 1. The molecule has 2 aromatic carbocycles. The fourth-order valence-corrected chi connectivity index (χ4v) is 3.23. The lowest BCUT2D eigenvalue weighted by Crippen LogP contribution is -2.53. The third-order valence-corrected chi connectivity index (χ3v) is 4.70. The molecule has 5 nitrogen and oxygen atoms in total. The lowest BCUT2D eigenvalue weighted by Gasteiger charge is -2.33. The number of benzene rings is 2. The van der Waals surface area contributed by atoms with Gasteiger partial charge in [-0.25, -0.2) is 4.39 Å². The van der Waals surface area contributed by atoms with Crippen molar-refractivity contribution in [2.75, 3.05) is 6.61 Å². The van der Waals surface area contributed by atoms with Crippen LogP contribution in [0.2, 0.25) is 0 Å². The Labute approximate surface area is 184 Å². The van der Waals surface area contributed by atoms with Crippen molar-refractivity contribution in [1.29, 1.82) is 0 Å². The van der Waals surface area contributed by atoms with E-state index in [0.717, 1.165) is 11.3 Å². The maximum absolute atomic E-state index is 13.3. The van der Waals surface area contributed by atoms with Crippen LogP contribution in [0, 0.1) is 5.82 Å². The summed E-state index contributed by atoms with van der Waals surface area (Å²) in [5, 5.41) is 2.97. The lowest BCUT2D eigenvalue weighted by atomic mass is 10.0. The van der Waals surface area contributed by atoms with Crippen LogP contribution in [-0.4, -0.2) is 34.9 Å². The molecule has 1 unspecified atom stereocenters. The van der Waals surface area contributed by atoms with E-state index in [9.17, 15) is 14.0 Å². The van der Waals surface area contributed by atoms with Gasteiger partial charge in [-0.2, -0.15) is 0 Å². The van der Waals surface area contributed by atoms with Gasteiger partial charge in [0.05, 0.1) is 6.61 Å². The number of rotatable bonds is 10. The van der Waals surface area contributed by atoms with E-state index in [1.54, 1.807) is 17.0 Å². The van der Waals surface area contributed by atoms with Gasteiger partial charge in [-0.3, -0.25) is 9.59 Å². The summed E-state index contributed by atoms with van der Waals surface area (Å²) in [4.78, 5) is 27.6. The van der Waals surface area contributed by atoms with Crippen LogP contribution in [0.1, 0.15) is 52.5 Å². The van der Waals surface area contributed by atoms with E-state index < -0.39 is 11.6 Å². The summed E-state index contributed by atoms with van der Waals surface area (Å²) in [5.41, 5.74) is 0.371. The molecule has 0 saturated heterocycles. The number of halogens is 1. The van der Waals surface area contributed by atoms with E-state index in [1.165, 1.54) is 12.1 Å². The van der Waals surface area contributed by atoms with Crippen molar-refractivity contribution < 1.29 is 18.7 Å². The molecule has 31 heavy (non-hydrogen) atoms. The molecule has 0 heterocycles. The minimum absolute atomic E-state index is 0.128. The van der Waals surface area contributed by atoms with Crippen LogP contribution in [0.4, 0.5) is 4.39 Å². The molecule has 0 fully saturated rings. The Kier molecular flexibility index (Phi) is 9.03. The molecule has 0 aromatic heterocycles. The van der Waals surface area contributed by atoms with Gasteiger partial charge >= 0.3 is 0 Å². The maximum Gasteiger partial charge on any atom is 0.243 e. The molecule has 0 aliphatic rings. The predicted molar refractivity (Wildman–Crippen MR) is 120 cm³/mol. The summed E-state index contributed by atoms with van der Waals surface area (Å²) in [7, 11) is 0. The van der Waals surface area contributed by atoms with Crippen molar-refractivity contribution in [2.45, 2.75) is 65.1 Å². The first-order chi connectivity index (χ1) is 14.7. The summed E-state index contributed by atoms with van der Waals surface area (Å²) in [6.45, 7) is 8.26. The van der Waals surface area contributed by atoms with Gasteiger partial charge in [-0.1, -0.05) is 37.3 Å². The molecule has 1 N–H and O–H groups in total. The highest BCUT2D eigenvalue weighted by molar-refractivity contribution is 5.88. The molecule has 0 bridgehead atoms. The predicted octanol–water partition coefficient (Wildman–Crippen LogP) is 4.71. The van der Waals surface area contributed by atoms with Gasteiger partial charge in [0.15, 0.2) is 0 Å². The number of hydrogen-bond acceptors (Lipinski definition) is 3. The topological polar surface area (TPSA) is 58.6 Å². The number of carbonyl (C=O) groups is 2. The summed E-state index contributed by atoms with van der Waals surface area (Å²) in [6, 6.07) is 14.8. The minimum atomic E-state index is -0.605. The first-order valence-corrected chi connectivity index (χ1v) is 10.7. The van der Waals surface area contributed by atoms with Crippen LogP contribution >= 0.6 is 0 Å². The smallest absolute Gasteiger partial charge is 0.243 e. The summed E-state index contributed by atoms with van der Waals surface area (Å²) >= 11 is 0. The van der Waals surface area contributed by atoms with Gasteiger partial charge in [0.2, 0.25) is 11.8 Å². The highest BCUT2D eigenvalue weighted by Crippen LogP contribution is 2.16. The van der Waals surface area contributed by atoms with Crippen LogP contribution in [0.5, 0.6) is 5.75 Å². The summed E-state index contributed by atoms with van der Waals surface area (Å²) in [6.07, 6.45) is 1.27. The zero-order valence-corrected chi connectivity index (χ0v) is 18.9. The Bertz CT molecular complexity index is 832. The molecule has 2 rings (SSSR count). The van der Waals surface area contributed by atoms with E-state index in [2.05, 4.69) is 5.32 Å². The van der Waals surface area contributed by atoms with Crippen molar-refractivity contribution in [1.82, 2.24) is 10.2 Å². The number of para-hydroxylation sites is 1. The average Bonchev–Trinajstić information content (AvgIpc) is 2.72. The number of ether oxygens (including phenoxy) is 1. The second kappa shape index (κ2) is 11.5.